The molecular formula is C16H21O5-. The molecular weight excluding hydrogens is 272 g/mol. The number of carbonyl (C=O) groups excluding carboxylic acids is 1. The summed E-state index contributed by atoms with van der Waals surface area (Å²) in [6.45, 7) is 2.31. The highest BCUT2D eigenvalue weighted by molar-refractivity contribution is 5.82. The topological polar surface area (TPSA) is 67.8 Å². The van der Waals surface area contributed by atoms with Gasteiger partial charge >= 0.3 is 0 Å². The molecule has 1 saturated carbocycles. The van der Waals surface area contributed by atoms with E-state index >= 15 is 0 Å². The number of carbonyl (C=O) groups is 1. The van der Waals surface area contributed by atoms with Crippen LogP contribution in [0.25, 0.3) is 0 Å². The first-order chi connectivity index (χ1) is 10.1. The molecule has 0 atom stereocenters. The predicted molar refractivity (Wildman–Crippen MR) is 75.9 cm³/mol. The lowest BCUT2D eigenvalue weighted by atomic mass is 9.78. The Morgan fingerprint density at radius 1 is 1.14 bits per heavy atom. The van der Waals surface area contributed by atoms with Crippen LogP contribution in [0, 0.1) is 0 Å². The van der Waals surface area contributed by atoms with Crippen LogP contribution in [0.4, 0.5) is 0 Å². The third-order valence-electron chi connectivity index (χ3n) is 4.15. The molecule has 0 radical (unpaired) electrons. The van der Waals surface area contributed by atoms with Gasteiger partial charge in [-0.2, -0.15) is 0 Å². The molecule has 1 aliphatic rings. The van der Waals surface area contributed by atoms with Crippen LogP contribution in [0.15, 0.2) is 12.1 Å². The molecule has 0 amide bonds. The Balaban J connectivity index is 2.61. The number of carboxylic acid groups (broad SMARTS) is 1. The molecule has 5 heteroatoms. The minimum absolute atomic E-state index is 0.450. The van der Waals surface area contributed by atoms with E-state index in [1.165, 1.54) is 14.2 Å². The Morgan fingerprint density at radius 2 is 1.71 bits per heavy atom. The second-order valence-corrected chi connectivity index (χ2v) is 5.21. The molecule has 0 aliphatic heterocycles. The Kier molecular flexibility index (Phi) is 4.60. The van der Waals surface area contributed by atoms with Gasteiger partial charge in [0.05, 0.1) is 26.8 Å². The van der Waals surface area contributed by atoms with Gasteiger partial charge in [-0.3, -0.25) is 0 Å². The van der Waals surface area contributed by atoms with Crippen molar-refractivity contribution in [1.82, 2.24) is 0 Å². The van der Waals surface area contributed by atoms with Crippen LogP contribution in [0.1, 0.15) is 38.2 Å². The maximum atomic E-state index is 11.8. The summed E-state index contributed by atoms with van der Waals surface area (Å²) in [6, 6.07) is 3.41. The molecule has 116 valence electrons. The van der Waals surface area contributed by atoms with Crippen molar-refractivity contribution >= 4 is 5.97 Å². The van der Waals surface area contributed by atoms with Crippen LogP contribution in [0.5, 0.6) is 17.2 Å². The smallest absolute Gasteiger partial charge is 0.164 e. The van der Waals surface area contributed by atoms with Crippen LogP contribution in [0.3, 0.4) is 0 Å². The van der Waals surface area contributed by atoms with Crippen LogP contribution < -0.4 is 19.3 Å². The van der Waals surface area contributed by atoms with E-state index in [1.807, 2.05) is 6.92 Å². The van der Waals surface area contributed by atoms with Gasteiger partial charge in [0.15, 0.2) is 11.5 Å². The Morgan fingerprint density at radius 3 is 2.19 bits per heavy atom. The van der Waals surface area contributed by atoms with Crippen molar-refractivity contribution in [1.29, 1.82) is 0 Å². The first-order valence-corrected chi connectivity index (χ1v) is 7.19. The fourth-order valence-corrected chi connectivity index (χ4v) is 3.07. The zero-order valence-corrected chi connectivity index (χ0v) is 12.7. The van der Waals surface area contributed by atoms with Crippen LogP contribution in [0.2, 0.25) is 0 Å². The maximum Gasteiger partial charge on any atom is 0.164 e. The van der Waals surface area contributed by atoms with Gasteiger partial charge in [0.2, 0.25) is 0 Å². The first-order valence-electron chi connectivity index (χ1n) is 7.19. The monoisotopic (exact) mass is 293 g/mol. The summed E-state index contributed by atoms with van der Waals surface area (Å²) >= 11 is 0. The zero-order valence-electron chi connectivity index (χ0n) is 12.7. The van der Waals surface area contributed by atoms with Crippen LogP contribution >= 0.6 is 0 Å². The van der Waals surface area contributed by atoms with Crippen molar-refractivity contribution < 1.29 is 24.1 Å². The number of benzene rings is 1. The predicted octanol–water partition coefficient (Wildman–Crippen LogP) is 1.66. The maximum absolute atomic E-state index is 11.8. The molecule has 21 heavy (non-hydrogen) atoms. The van der Waals surface area contributed by atoms with Crippen LogP contribution in [-0.4, -0.2) is 26.8 Å². The van der Waals surface area contributed by atoms with Crippen LogP contribution in [-0.2, 0) is 10.2 Å². The lowest BCUT2D eigenvalue weighted by Gasteiger charge is -2.32. The second-order valence-electron chi connectivity index (χ2n) is 5.21. The first kappa shape index (κ1) is 15.5. The summed E-state index contributed by atoms with van der Waals surface area (Å²) in [5.74, 6) is 0.508. The zero-order chi connectivity index (χ0) is 15.5. The van der Waals surface area contributed by atoms with Crippen molar-refractivity contribution in [3.8, 4) is 17.2 Å². The number of rotatable bonds is 6. The third-order valence-corrected chi connectivity index (χ3v) is 4.15. The fourth-order valence-electron chi connectivity index (χ4n) is 3.07. The molecule has 1 aromatic rings. The molecule has 0 aromatic heterocycles. The summed E-state index contributed by atoms with van der Waals surface area (Å²) in [5.41, 5.74) is -0.371. The van der Waals surface area contributed by atoms with Gasteiger partial charge in [-0.1, -0.05) is 12.8 Å². The standard InChI is InChI=1S/C16H22O5/c1-4-21-12-10-14(20-3)13(19-2)9-11(12)16(15(17)18)7-5-6-8-16/h9-10H,4-8H2,1-3H3,(H,17,18)/p-1. The van der Waals surface area contributed by atoms with E-state index in [9.17, 15) is 9.90 Å². The largest absolute Gasteiger partial charge is 0.549 e. The number of aliphatic carboxylic acids is 1. The molecule has 0 saturated heterocycles. The van der Waals surface area contributed by atoms with Gasteiger partial charge < -0.3 is 24.1 Å². The molecule has 0 N–H and O–H groups in total. The van der Waals surface area contributed by atoms with Crippen molar-refractivity contribution in [2.75, 3.05) is 20.8 Å². The molecule has 1 aliphatic carbocycles. The third kappa shape index (κ3) is 2.64. The molecule has 5 nitrogen and oxygen atoms in total. The van der Waals surface area contributed by atoms with Gasteiger partial charge in [0, 0.05) is 17.0 Å². The van der Waals surface area contributed by atoms with E-state index < -0.39 is 11.4 Å². The normalized spacial score (nSPS) is 16.5. The number of hydrogen-bond donors (Lipinski definition) is 0. The van der Waals surface area contributed by atoms with Gasteiger partial charge in [0.25, 0.3) is 0 Å². The summed E-state index contributed by atoms with van der Waals surface area (Å²) in [4.78, 5) is 11.8. The van der Waals surface area contributed by atoms with Crippen molar-refractivity contribution in [3.63, 3.8) is 0 Å². The summed E-state index contributed by atoms with van der Waals surface area (Å²) in [6.07, 6.45) is 2.86. The Bertz CT molecular complexity index is 518. The number of ether oxygens (including phenoxy) is 3. The number of carboxylic acids is 1. The van der Waals surface area contributed by atoms with Crippen molar-refractivity contribution in [3.05, 3.63) is 17.7 Å². The fraction of sp³-hybridized carbons (Fsp3) is 0.562. The number of methoxy groups -OCH3 is 2. The summed E-state index contributed by atoms with van der Waals surface area (Å²) in [5, 5.41) is 11.8. The Hall–Kier alpha value is -1.91. The van der Waals surface area contributed by atoms with E-state index in [0.29, 0.717) is 42.3 Å². The average Bonchev–Trinajstić information content (AvgIpc) is 2.97. The highest BCUT2D eigenvalue weighted by Crippen LogP contribution is 2.48. The quantitative estimate of drug-likeness (QED) is 0.798. The van der Waals surface area contributed by atoms with Gasteiger partial charge in [-0.05, 0) is 25.8 Å². The molecule has 1 fully saturated rings. The van der Waals surface area contributed by atoms with E-state index in [-0.39, 0.29) is 0 Å². The molecule has 0 spiro atoms. The lowest BCUT2D eigenvalue weighted by molar-refractivity contribution is -0.313. The SMILES string of the molecule is CCOc1cc(OC)c(OC)cc1C1(C(=O)[O-])CCCC1. The highest BCUT2D eigenvalue weighted by atomic mass is 16.5. The van der Waals surface area contributed by atoms with Gasteiger partial charge in [-0.25, -0.2) is 0 Å². The summed E-state index contributed by atoms with van der Waals surface area (Å²) in [7, 11) is 3.07. The second kappa shape index (κ2) is 6.24. The molecule has 0 heterocycles. The van der Waals surface area contributed by atoms with E-state index in [4.69, 9.17) is 14.2 Å². The minimum atomic E-state index is -1.05. The van der Waals surface area contributed by atoms with Crippen molar-refractivity contribution in [2.45, 2.75) is 38.0 Å². The highest BCUT2D eigenvalue weighted by Gasteiger charge is 2.40. The molecule has 2 rings (SSSR count). The molecule has 0 unspecified atom stereocenters. The van der Waals surface area contributed by atoms with E-state index in [0.717, 1.165) is 12.8 Å². The lowest BCUT2D eigenvalue weighted by Crippen LogP contribution is -2.44. The average molecular weight is 293 g/mol. The van der Waals surface area contributed by atoms with Gasteiger partial charge in [-0.15, -0.1) is 0 Å². The Labute approximate surface area is 124 Å². The van der Waals surface area contributed by atoms with E-state index in [1.54, 1.807) is 12.1 Å². The summed E-state index contributed by atoms with van der Waals surface area (Å²) < 4.78 is 16.2. The van der Waals surface area contributed by atoms with Gasteiger partial charge in [0.1, 0.15) is 5.75 Å². The van der Waals surface area contributed by atoms with Crippen molar-refractivity contribution in [2.24, 2.45) is 0 Å². The minimum Gasteiger partial charge on any atom is -0.549 e. The molecule has 1 aromatic carbocycles. The molecule has 0 bridgehead atoms. The number of hydrogen-bond acceptors (Lipinski definition) is 5. The van der Waals surface area contributed by atoms with E-state index in [2.05, 4.69) is 0 Å².